The normalized spacial score (nSPS) is 13.3. The molecule has 0 radical (unpaired) electrons. The molecule has 8 rings (SSSR count). The zero-order valence-corrected chi connectivity index (χ0v) is 24.9. The van der Waals surface area contributed by atoms with Gasteiger partial charge in [0.1, 0.15) is 0 Å². The smallest absolute Gasteiger partial charge is 0.0543 e. The van der Waals surface area contributed by atoms with E-state index >= 15 is 0 Å². The zero-order valence-electron chi connectivity index (χ0n) is 24.1. The van der Waals surface area contributed by atoms with Gasteiger partial charge in [-0.1, -0.05) is 116 Å². The maximum Gasteiger partial charge on any atom is 0.0543 e. The lowest BCUT2D eigenvalue weighted by atomic mass is 9.82. The highest BCUT2D eigenvalue weighted by Crippen LogP contribution is 2.54. The first kappa shape index (κ1) is 25.1. The van der Waals surface area contributed by atoms with Gasteiger partial charge in [0.2, 0.25) is 0 Å². The highest BCUT2D eigenvalue weighted by Gasteiger charge is 2.37. The molecule has 1 aliphatic rings. The molecule has 1 aromatic heterocycles. The summed E-state index contributed by atoms with van der Waals surface area (Å²) in [5.74, 6) is 0. The van der Waals surface area contributed by atoms with Crippen LogP contribution in [0.4, 0.5) is 17.1 Å². The van der Waals surface area contributed by atoms with E-state index in [-0.39, 0.29) is 5.41 Å². The summed E-state index contributed by atoms with van der Waals surface area (Å²) in [6.45, 7) is 6.85. The van der Waals surface area contributed by atoms with E-state index in [2.05, 4.69) is 159 Å². The van der Waals surface area contributed by atoms with Crippen LogP contribution < -0.4 is 4.90 Å². The Bertz CT molecular complexity index is 2110. The molecule has 7 aromatic rings. The molecule has 1 heterocycles. The van der Waals surface area contributed by atoms with Crippen molar-refractivity contribution < 1.29 is 0 Å². The van der Waals surface area contributed by atoms with E-state index in [9.17, 15) is 0 Å². The summed E-state index contributed by atoms with van der Waals surface area (Å²) in [7, 11) is 0. The Kier molecular flexibility index (Phi) is 5.64. The number of hydrogen-bond donors (Lipinski definition) is 0. The van der Waals surface area contributed by atoms with Gasteiger partial charge in [-0.05, 0) is 71.1 Å². The van der Waals surface area contributed by atoms with Crippen molar-refractivity contribution >= 4 is 48.6 Å². The summed E-state index contributed by atoms with van der Waals surface area (Å²) in [6.07, 6.45) is 0. The Morgan fingerprint density at radius 3 is 1.98 bits per heavy atom. The van der Waals surface area contributed by atoms with Crippen LogP contribution >= 0.6 is 11.3 Å². The lowest BCUT2D eigenvalue weighted by Crippen LogP contribution is -2.16. The molecule has 0 spiro atoms. The second-order valence-corrected chi connectivity index (χ2v) is 12.9. The van der Waals surface area contributed by atoms with Crippen LogP contribution in [0, 0.1) is 6.92 Å². The number of rotatable bonds is 4. The van der Waals surface area contributed by atoms with Crippen molar-refractivity contribution in [2.45, 2.75) is 26.2 Å². The lowest BCUT2D eigenvalue weighted by Gasteiger charge is -2.29. The van der Waals surface area contributed by atoms with Crippen LogP contribution in [-0.2, 0) is 5.41 Å². The number of fused-ring (bicyclic) bond motifs is 6. The average molecular weight is 558 g/mol. The molecule has 0 fully saturated rings. The van der Waals surface area contributed by atoms with Gasteiger partial charge in [0.05, 0.1) is 5.69 Å². The van der Waals surface area contributed by atoms with Gasteiger partial charge in [0, 0.05) is 42.5 Å². The van der Waals surface area contributed by atoms with Crippen molar-refractivity contribution in [2.75, 3.05) is 4.90 Å². The Labute approximate surface area is 251 Å². The van der Waals surface area contributed by atoms with Crippen LogP contribution in [0.3, 0.4) is 0 Å². The Morgan fingerprint density at radius 1 is 0.548 bits per heavy atom. The van der Waals surface area contributed by atoms with Gasteiger partial charge in [0.25, 0.3) is 0 Å². The molecule has 42 heavy (non-hydrogen) atoms. The second-order valence-electron chi connectivity index (χ2n) is 11.9. The molecule has 0 unspecified atom stereocenters. The standard InChI is InChI=1S/C40H31NS/c1-26-18-22-28(23-19-26)41(36-16-9-15-35-38(36)33-11-4-6-14-34(33)40(35,2)3)29-24-20-27(21-25-29)30-12-8-13-32-31-10-5-7-17-37(31)42-39(30)32/h4-25H,1-3H3. The molecular weight excluding hydrogens is 527 g/mol. The van der Waals surface area contributed by atoms with E-state index in [0.717, 1.165) is 11.4 Å². The van der Waals surface area contributed by atoms with Crippen LogP contribution in [-0.4, -0.2) is 0 Å². The van der Waals surface area contributed by atoms with Crippen molar-refractivity contribution in [1.82, 2.24) is 0 Å². The number of thiophene rings is 1. The third kappa shape index (κ3) is 3.76. The van der Waals surface area contributed by atoms with Crippen molar-refractivity contribution in [1.29, 1.82) is 0 Å². The van der Waals surface area contributed by atoms with Crippen molar-refractivity contribution in [2.24, 2.45) is 0 Å². The Hall–Kier alpha value is -4.66. The molecule has 0 saturated carbocycles. The van der Waals surface area contributed by atoms with E-state index in [1.165, 1.54) is 64.8 Å². The van der Waals surface area contributed by atoms with Crippen molar-refractivity contribution in [3.05, 3.63) is 150 Å². The number of hydrogen-bond acceptors (Lipinski definition) is 2. The lowest BCUT2D eigenvalue weighted by molar-refractivity contribution is 0.660. The molecule has 0 aliphatic heterocycles. The van der Waals surface area contributed by atoms with Gasteiger partial charge < -0.3 is 4.90 Å². The van der Waals surface area contributed by atoms with Crippen LogP contribution in [0.5, 0.6) is 0 Å². The number of benzene rings is 6. The zero-order chi connectivity index (χ0) is 28.4. The predicted octanol–water partition coefficient (Wildman–Crippen LogP) is 11.8. The van der Waals surface area contributed by atoms with E-state index < -0.39 is 0 Å². The molecular formula is C40H31NS. The summed E-state index contributed by atoms with van der Waals surface area (Å²) >= 11 is 1.88. The van der Waals surface area contributed by atoms with Gasteiger partial charge in [-0.15, -0.1) is 11.3 Å². The van der Waals surface area contributed by atoms with Gasteiger partial charge in [0.15, 0.2) is 0 Å². The molecule has 6 aromatic carbocycles. The predicted molar refractivity (Wildman–Crippen MR) is 182 cm³/mol. The fourth-order valence-electron chi connectivity index (χ4n) is 6.81. The second kappa shape index (κ2) is 9.44. The van der Waals surface area contributed by atoms with Crippen LogP contribution in [0.2, 0.25) is 0 Å². The van der Waals surface area contributed by atoms with Crippen LogP contribution in [0.15, 0.2) is 133 Å². The van der Waals surface area contributed by atoms with Gasteiger partial charge in [-0.25, -0.2) is 0 Å². The minimum Gasteiger partial charge on any atom is -0.310 e. The average Bonchev–Trinajstić information content (AvgIpc) is 3.52. The number of nitrogens with zero attached hydrogens (tertiary/aromatic N) is 1. The SMILES string of the molecule is Cc1ccc(N(c2ccc(-c3cccc4c3sc3ccccc34)cc2)c2cccc3c2-c2ccccc2C3(C)C)cc1. The third-order valence-corrected chi connectivity index (χ3v) is 10.2. The molecule has 0 amide bonds. The van der Waals surface area contributed by atoms with Crippen molar-refractivity contribution in [3.8, 4) is 22.3 Å². The van der Waals surface area contributed by atoms with E-state index in [1.807, 2.05) is 11.3 Å². The van der Waals surface area contributed by atoms with Crippen LogP contribution in [0.25, 0.3) is 42.4 Å². The van der Waals surface area contributed by atoms with Gasteiger partial charge in [-0.2, -0.15) is 0 Å². The molecule has 1 nitrogen and oxygen atoms in total. The third-order valence-electron chi connectivity index (χ3n) is 8.96. The minimum absolute atomic E-state index is 0.0479. The molecule has 0 atom stereocenters. The molecule has 1 aliphatic carbocycles. The first-order valence-electron chi connectivity index (χ1n) is 14.6. The Morgan fingerprint density at radius 2 is 1.17 bits per heavy atom. The fraction of sp³-hybridized carbons (Fsp3) is 0.100. The summed E-state index contributed by atoms with van der Waals surface area (Å²) in [4.78, 5) is 2.43. The molecule has 0 N–H and O–H groups in total. The molecule has 202 valence electrons. The molecule has 0 saturated heterocycles. The maximum atomic E-state index is 2.43. The van der Waals surface area contributed by atoms with E-state index in [4.69, 9.17) is 0 Å². The number of anilines is 3. The topological polar surface area (TPSA) is 3.24 Å². The molecule has 2 heteroatoms. The summed E-state index contributed by atoms with van der Waals surface area (Å²) in [5, 5.41) is 2.67. The summed E-state index contributed by atoms with van der Waals surface area (Å²) in [5.41, 5.74) is 12.7. The first-order chi connectivity index (χ1) is 20.5. The maximum absolute atomic E-state index is 2.43. The summed E-state index contributed by atoms with van der Waals surface area (Å²) < 4.78 is 2.69. The number of aryl methyl sites for hydroxylation is 1. The van der Waals surface area contributed by atoms with E-state index in [0.29, 0.717) is 0 Å². The van der Waals surface area contributed by atoms with Crippen molar-refractivity contribution in [3.63, 3.8) is 0 Å². The fourth-order valence-corrected chi connectivity index (χ4v) is 8.05. The highest BCUT2D eigenvalue weighted by molar-refractivity contribution is 7.26. The highest BCUT2D eigenvalue weighted by atomic mass is 32.1. The Balaban J connectivity index is 1.30. The first-order valence-corrected chi connectivity index (χ1v) is 15.4. The largest absolute Gasteiger partial charge is 0.310 e. The molecule has 0 bridgehead atoms. The summed E-state index contributed by atoms with van der Waals surface area (Å²) in [6, 6.07) is 49.2. The van der Waals surface area contributed by atoms with E-state index in [1.54, 1.807) is 0 Å². The quantitative estimate of drug-likeness (QED) is 0.208. The van der Waals surface area contributed by atoms with Gasteiger partial charge >= 0.3 is 0 Å². The monoisotopic (exact) mass is 557 g/mol. The van der Waals surface area contributed by atoms with Gasteiger partial charge in [-0.3, -0.25) is 0 Å². The minimum atomic E-state index is -0.0479. The van der Waals surface area contributed by atoms with Crippen LogP contribution in [0.1, 0.15) is 30.5 Å².